The van der Waals surface area contributed by atoms with Crippen molar-refractivity contribution in [3.63, 3.8) is 0 Å². The van der Waals surface area contributed by atoms with Crippen molar-refractivity contribution in [1.29, 1.82) is 0 Å². The first-order chi connectivity index (χ1) is 15.9. The van der Waals surface area contributed by atoms with Crippen molar-refractivity contribution in [3.05, 3.63) is 83.5 Å². The molecule has 0 aliphatic heterocycles. The Morgan fingerprint density at radius 1 is 0.848 bits per heavy atom. The summed E-state index contributed by atoms with van der Waals surface area (Å²) in [6.07, 6.45) is 4.34. The number of carbonyl (C=O) groups excluding carboxylic acids is 2. The molecule has 4 rings (SSSR count). The van der Waals surface area contributed by atoms with Gasteiger partial charge in [0.1, 0.15) is 11.3 Å². The van der Waals surface area contributed by atoms with Crippen LogP contribution in [0.25, 0.3) is 0 Å². The summed E-state index contributed by atoms with van der Waals surface area (Å²) >= 11 is 0. The van der Waals surface area contributed by atoms with E-state index in [4.69, 9.17) is 10.3 Å². The predicted molar refractivity (Wildman–Crippen MR) is 124 cm³/mol. The number of nitrogens with two attached hydrogens (primary N) is 1. The topological polar surface area (TPSA) is 148 Å². The highest BCUT2D eigenvalue weighted by atomic mass is 16.5. The maximum Gasteiger partial charge on any atom is 0.260 e. The molecule has 10 heteroatoms. The van der Waals surface area contributed by atoms with E-state index in [-0.39, 0.29) is 11.8 Å². The fraction of sp³-hybridized carbons (Fsp3) is 0.0870. The van der Waals surface area contributed by atoms with Crippen LogP contribution in [-0.2, 0) is 0 Å². The minimum absolute atomic E-state index is 0.325. The van der Waals surface area contributed by atoms with E-state index in [1.807, 2.05) is 12.1 Å². The number of nitrogens with one attached hydrogen (secondary N) is 3. The molecule has 0 radical (unpaired) electrons. The minimum Gasteiger partial charge on any atom is -0.399 e. The Morgan fingerprint density at radius 2 is 1.58 bits per heavy atom. The first-order valence-corrected chi connectivity index (χ1v) is 9.98. The highest BCUT2D eigenvalue weighted by Gasteiger charge is 2.15. The number of anilines is 5. The lowest BCUT2D eigenvalue weighted by Gasteiger charge is -2.11. The fourth-order valence-corrected chi connectivity index (χ4v) is 3.06. The van der Waals surface area contributed by atoms with Crippen molar-refractivity contribution >= 4 is 40.5 Å². The van der Waals surface area contributed by atoms with E-state index < -0.39 is 0 Å². The van der Waals surface area contributed by atoms with Gasteiger partial charge in [-0.3, -0.25) is 9.59 Å². The van der Waals surface area contributed by atoms with Crippen LogP contribution in [0, 0.1) is 13.8 Å². The molecule has 2 heterocycles. The normalized spacial score (nSPS) is 10.5. The molecule has 2 aromatic heterocycles. The number of aryl methyl sites for hydroxylation is 2. The van der Waals surface area contributed by atoms with Crippen LogP contribution in [0.1, 0.15) is 32.0 Å². The number of nitrogens with zero attached hydrogens (tertiary/aromatic N) is 3. The van der Waals surface area contributed by atoms with Crippen LogP contribution in [0.4, 0.5) is 28.7 Å². The van der Waals surface area contributed by atoms with Gasteiger partial charge in [-0.15, -0.1) is 0 Å². The Morgan fingerprint density at radius 3 is 2.27 bits per heavy atom. The van der Waals surface area contributed by atoms with Crippen molar-refractivity contribution in [2.45, 2.75) is 13.8 Å². The van der Waals surface area contributed by atoms with E-state index in [1.54, 1.807) is 44.2 Å². The Labute approximate surface area is 189 Å². The molecule has 0 spiro atoms. The summed E-state index contributed by atoms with van der Waals surface area (Å²) in [7, 11) is 0. The van der Waals surface area contributed by atoms with Gasteiger partial charge in [0, 0.05) is 22.6 Å². The Bertz CT molecular complexity index is 1320. The zero-order chi connectivity index (χ0) is 23.4. The monoisotopic (exact) mass is 443 g/mol. The molecule has 0 bridgehead atoms. The SMILES string of the molecule is Cc1ccc(NC(=O)c2cnoc2C)cc1C(=O)Nc1cnc(Nc2cccc(N)c2)nc1. The lowest BCUT2D eigenvalue weighted by atomic mass is 10.1. The molecule has 0 unspecified atom stereocenters. The van der Waals surface area contributed by atoms with Crippen molar-refractivity contribution in [1.82, 2.24) is 15.1 Å². The van der Waals surface area contributed by atoms with Crippen LogP contribution >= 0.6 is 0 Å². The van der Waals surface area contributed by atoms with Crippen LogP contribution in [0.3, 0.4) is 0 Å². The number of aromatic nitrogens is 3. The van der Waals surface area contributed by atoms with Crippen molar-refractivity contribution in [3.8, 4) is 0 Å². The molecule has 5 N–H and O–H groups in total. The van der Waals surface area contributed by atoms with E-state index >= 15 is 0 Å². The van der Waals surface area contributed by atoms with Gasteiger partial charge in [0.25, 0.3) is 11.8 Å². The number of carbonyl (C=O) groups is 2. The molecule has 10 nitrogen and oxygen atoms in total. The van der Waals surface area contributed by atoms with Crippen LogP contribution in [0.5, 0.6) is 0 Å². The lowest BCUT2D eigenvalue weighted by molar-refractivity contribution is 0.101. The Kier molecular flexibility index (Phi) is 5.98. The molecule has 166 valence electrons. The molecule has 2 amide bonds. The summed E-state index contributed by atoms with van der Waals surface area (Å²) in [6.45, 7) is 3.45. The quantitative estimate of drug-likeness (QED) is 0.328. The van der Waals surface area contributed by atoms with Gasteiger partial charge in [-0.1, -0.05) is 17.3 Å². The summed E-state index contributed by atoms with van der Waals surface area (Å²) < 4.78 is 4.92. The maximum absolute atomic E-state index is 12.8. The molecule has 2 aromatic carbocycles. The van der Waals surface area contributed by atoms with Crippen molar-refractivity contribution in [2.24, 2.45) is 0 Å². The number of nitrogen functional groups attached to an aromatic ring is 1. The third-order valence-electron chi connectivity index (χ3n) is 4.79. The third-order valence-corrected chi connectivity index (χ3v) is 4.79. The van der Waals surface area contributed by atoms with Crippen LogP contribution in [0.2, 0.25) is 0 Å². The highest BCUT2D eigenvalue weighted by molar-refractivity contribution is 6.08. The summed E-state index contributed by atoms with van der Waals surface area (Å²) in [5.74, 6) is 0.0419. The second kappa shape index (κ2) is 9.18. The van der Waals surface area contributed by atoms with Crippen LogP contribution in [0.15, 0.2) is 65.6 Å². The smallest absolute Gasteiger partial charge is 0.260 e. The molecule has 0 saturated heterocycles. The van der Waals surface area contributed by atoms with Gasteiger partial charge < -0.3 is 26.2 Å². The molecular weight excluding hydrogens is 422 g/mol. The number of rotatable bonds is 6. The van der Waals surface area contributed by atoms with E-state index in [2.05, 4.69) is 31.1 Å². The summed E-state index contributed by atoms with van der Waals surface area (Å²) in [6, 6.07) is 12.3. The van der Waals surface area contributed by atoms with Crippen molar-refractivity contribution < 1.29 is 14.1 Å². The van der Waals surface area contributed by atoms with Gasteiger partial charge in [-0.05, 0) is 49.7 Å². The first-order valence-electron chi connectivity index (χ1n) is 9.98. The standard InChI is InChI=1S/C23H21N7O3/c1-13-6-7-17(28-22(32)20-12-27-33-14(20)2)9-19(13)21(31)29-18-10-25-23(26-11-18)30-16-5-3-4-15(24)8-16/h3-12H,24H2,1-2H3,(H,28,32)(H,29,31)(H,25,26,30). The fourth-order valence-electron chi connectivity index (χ4n) is 3.06. The number of hydrogen-bond donors (Lipinski definition) is 4. The number of benzene rings is 2. The second-order valence-corrected chi connectivity index (χ2v) is 7.28. The van der Waals surface area contributed by atoms with Gasteiger partial charge in [-0.25, -0.2) is 9.97 Å². The van der Waals surface area contributed by atoms with Gasteiger partial charge in [0.05, 0.1) is 24.3 Å². The van der Waals surface area contributed by atoms with Gasteiger partial charge in [-0.2, -0.15) is 0 Å². The predicted octanol–water partition coefficient (Wildman–Crippen LogP) is 3.91. The maximum atomic E-state index is 12.8. The number of hydrogen-bond acceptors (Lipinski definition) is 8. The first kappa shape index (κ1) is 21.5. The average molecular weight is 443 g/mol. The van der Waals surface area contributed by atoms with E-state index in [0.29, 0.717) is 39.9 Å². The minimum atomic E-state index is -0.374. The van der Waals surface area contributed by atoms with Crippen LogP contribution < -0.4 is 21.7 Å². The molecule has 0 atom stereocenters. The molecule has 33 heavy (non-hydrogen) atoms. The zero-order valence-electron chi connectivity index (χ0n) is 17.9. The Hall–Kier alpha value is -4.73. The Balaban J connectivity index is 1.44. The van der Waals surface area contributed by atoms with Gasteiger partial charge in [0.2, 0.25) is 5.95 Å². The average Bonchev–Trinajstić information content (AvgIpc) is 3.22. The lowest BCUT2D eigenvalue weighted by Crippen LogP contribution is -2.16. The number of amides is 2. The zero-order valence-corrected chi connectivity index (χ0v) is 17.9. The summed E-state index contributed by atoms with van der Waals surface area (Å²) in [5, 5.41) is 12.2. The largest absolute Gasteiger partial charge is 0.399 e. The van der Waals surface area contributed by atoms with Crippen LogP contribution in [-0.4, -0.2) is 26.9 Å². The van der Waals surface area contributed by atoms with Crippen molar-refractivity contribution in [2.75, 3.05) is 21.7 Å². The molecule has 0 aliphatic carbocycles. The second-order valence-electron chi connectivity index (χ2n) is 7.28. The molecular formula is C23H21N7O3. The molecule has 0 saturated carbocycles. The van der Waals surface area contributed by atoms with E-state index in [9.17, 15) is 9.59 Å². The van der Waals surface area contributed by atoms with E-state index in [1.165, 1.54) is 18.6 Å². The summed E-state index contributed by atoms with van der Waals surface area (Å²) in [5.41, 5.74) is 9.50. The third kappa shape index (κ3) is 5.13. The molecule has 4 aromatic rings. The van der Waals surface area contributed by atoms with Gasteiger partial charge in [0.15, 0.2) is 0 Å². The van der Waals surface area contributed by atoms with Gasteiger partial charge >= 0.3 is 0 Å². The molecule has 0 fully saturated rings. The molecule has 0 aliphatic rings. The van der Waals surface area contributed by atoms with E-state index in [0.717, 1.165) is 11.3 Å². The summed E-state index contributed by atoms with van der Waals surface area (Å²) in [4.78, 5) is 33.7. The highest BCUT2D eigenvalue weighted by Crippen LogP contribution is 2.20.